The van der Waals surface area contributed by atoms with E-state index in [1.165, 1.54) is 50.7 Å². The van der Waals surface area contributed by atoms with E-state index in [1.807, 2.05) is 0 Å². The van der Waals surface area contributed by atoms with Crippen molar-refractivity contribution in [1.82, 2.24) is 0 Å². The zero-order valence-electron chi connectivity index (χ0n) is 10.8. The van der Waals surface area contributed by atoms with Gasteiger partial charge in [-0.1, -0.05) is 35.9 Å². The fraction of sp³-hybridized carbons (Fsp3) is 0.294. The maximum atomic E-state index is 2.40. The lowest BCUT2D eigenvalue weighted by atomic mass is 9.92. The Morgan fingerprint density at radius 2 is 1.35 bits per heavy atom. The maximum absolute atomic E-state index is 2.40. The van der Waals surface area contributed by atoms with Crippen LogP contribution in [0.2, 0.25) is 0 Å². The molecule has 3 rings (SSSR count). The zero-order chi connectivity index (χ0) is 12.0. The minimum Gasteiger partial charge on any atom is -0.0761 e. The largest absolute Gasteiger partial charge is 0.0761 e. The van der Waals surface area contributed by atoms with Crippen LogP contribution in [0, 0.1) is 20.8 Å². The lowest BCUT2D eigenvalue weighted by Crippen LogP contribution is -2.32. The highest BCUT2D eigenvalue weighted by molar-refractivity contribution is 5.89. The molecule has 1 aliphatic carbocycles. The molecule has 0 heteroatoms. The summed E-state index contributed by atoms with van der Waals surface area (Å²) < 4.78 is 0. The Hall–Kier alpha value is -1.56. The molecule has 0 aliphatic heterocycles. The molecule has 86 valence electrons. The van der Waals surface area contributed by atoms with E-state index in [4.69, 9.17) is 0 Å². The van der Waals surface area contributed by atoms with Gasteiger partial charge in [-0.3, -0.25) is 0 Å². The standard InChI is InChI=1S/C17H18/c1-11-8-9-16-12(2)14-6-4-5-7-15(14)13(3)17(16)10-11/h6-10H,4-5H2,1-3H3. The summed E-state index contributed by atoms with van der Waals surface area (Å²) in [6.07, 6.45) is 7.17. The van der Waals surface area contributed by atoms with Gasteiger partial charge in [-0.15, -0.1) is 0 Å². The third-order valence-electron chi connectivity index (χ3n) is 3.94. The fourth-order valence-corrected chi connectivity index (χ4v) is 2.97. The van der Waals surface area contributed by atoms with Gasteiger partial charge in [0.15, 0.2) is 0 Å². The van der Waals surface area contributed by atoms with Crippen molar-refractivity contribution in [2.45, 2.75) is 33.6 Å². The van der Waals surface area contributed by atoms with Crippen molar-refractivity contribution in [3.8, 4) is 0 Å². The van der Waals surface area contributed by atoms with E-state index >= 15 is 0 Å². The molecule has 0 saturated carbocycles. The van der Waals surface area contributed by atoms with Crippen molar-refractivity contribution in [1.29, 1.82) is 0 Å². The normalized spacial score (nSPS) is 14.1. The third-order valence-corrected chi connectivity index (χ3v) is 3.94. The van der Waals surface area contributed by atoms with Crippen LogP contribution in [0.5, 0.6) is 0 Å². The molecule has 0 spiro atoms. The zero-order valence-corrected chi connectivity index (χ0v) is 10.8. The topological polar surface area (TPSA) is 0 Å². The minimum absolute atomic E-state index is 1.19. The Morgan fingerprint density at radius 1 is 0.765 bits per heavy atom. The molecule has 0 N–H and O–H groups in total. The van der Waals surface area contributed by atoms with Crippen LogP contribution in [0.3, 0.4) is 0 Å². The molecular weight excluding hydrogens is 204 g/mol. The van der Waals surface area contributed by atoms with Gasteiger partial charge in [-0.05, 0) is 65.9 Å². The summed E-state index contributed by atoms with van der Waals surface area (Å²) in [4.78, 5) is 0. The van der Waals surface area contributed by atoms with E-state index in [9.17, 15) is 0 Å². The Labute approximate surface area is 102 Å². The number of hydrogen-bond donors (Lipinski definition) is 0. The van der Waals surface area contributed by atoms with E-state index in [0.717, 1.165) is 0 Å². The quantitative estimate of drug-likeness (QED) is 0.642. The smallest absolute Gasteiger partial charge is 0.0143 e. The highest BCUT2D eigenvalue weighted by Crippen LogP contribution is 2.19. The first-order valence-electron chi connectivity index (χ1n) is 6.38. The van der Waals surface area contributed by atoms with Crippen LogP contribution < -0.4 is 10.4 Å². The highest BCUT2D eigenvalue weighted by Gasteiger charge is 2.07. The van der Waals surface area contributed by atoms with Crippen LogP contribution in [-0.4, -0.2) is 0 Å². The summed E-state index contributed by atoms with van der Waals surface area (Å²) in [5.74, 6) is 0. The van der Waals surface area contributed by atoms with Gasteiger partial charge in [0.1, 0.15) is 0 Å². The molecule has 2 aromatic carbocycles. The van der Waals surface area contributed by atoms with Gasteiger partial charge in [-0.2, -0.15) is 0 Å². The van der Waals surface area contributed by atoms with Gasteiger partial charge in [-0.25, -0.2) is 0 Å². The summed E-state index contributed by atoms with van der Waals surface area (Å²) in [7, 11) is 0. The lowest BCUT2D eigenvalue weighted by molar-refractivity contribution is 1.10. The molecule has 0 fully saturated rings. The van der Waals surface area contributed by atoms with Gasteiger partial charge >= 0.3 is 0 Å². The van der Waals surface area contributed by atoms with Crippen molar-refractivity contribution in [3.05, 3.63) is 45.3 Å². The van der Waals surface area contributed by atoms with Gasteiger partial charge in [0.05, 0.1) is 0 Å². The van der Waals surface area contributed by atoms with E-state index in [2.05, 4.69) is 51.1 Å². The number of benzene rings is 2. The lowest BCUT2D eigenvalue weighted by Gasteiger charge is -2.12. The van der Waals surface area contributed by atoms with Gasteiger partial charge < -0.3 is 0 Å². The predicted molar refractivity (Wildman–Crippen MR) is 75.6 cm³/mol. The fourth-order valence-electron chi connectivity index (χ4n) is 2.97. The maximum Gasteiger partial charge on any atom is -0.0143 e. The Kier molecular flexibility index (Phi) is 2.32. The Bertz CT molecular complexity index is 718. The molecule has 0 bridgehead atoms. The number of aryl methyl sites for hydroxylation is 3. The first kappa shape index (κ1) is 10.6. The second-order valence-electron chi connectivity index (χ2n) is 5.11. The summed E-state index contributed by atoms with van der Waals surface area (Å²) in [5.41, 5.74) is 4.23. The third kappa shape index (κ3) is 1.51. The van der Waals surface area contributed by atoms with Crippen LogP contribution in [0.1, 0.15) is 29.5 Å². The summed E-state index contributed by atoms with van der Waals surface area (Å²) >= 11 is 0. The van der Waals surface area contributed by atoms with E-state index in [-0.39, 0.29) is 0 Å². The minimum atomic E-state index is 1.19. The molecule has 0 heterocycles. The first-order valence-corrected chi connectivity index (χ1v) is 6.38. The molecule has 0 saturated heterocycles. The molecule has 17 heavy (non-hydrogen) atoms. The average Bonchev–Trinajstić information content (AvgIpc) is 2.36. The SMILES string of the molecule is Cc1ccc2c(C)c3c(c(C)c2c1)=CCCC=3. The molecule has 1 aliphatic rings. The first-order chi connectivity index (χ1) is 8.18. The van der Waals surface area contributed by atoms with Crippen molar-refractivity contribution >= 4 is 22.9 Å². The summed E-state index contributed by atoms with van der Waals surface area (Å²) in [6, 6.07) is 6.81. The molecule has 2 aromatic rings. The van der Waals surface area contributed by atoms with Gasteiger partial charge in [0.25, 0.3) is 0 Å². The monoisotopic (exact) mass is 222 g/mol. The molecule has 0 radical (unpaired) electrons. The van der Waals surface area contributed by atoms with Crippen LogP contribution in [0.15, 0.2) is 18.2 Å². The van der Waals surface area contributed by atoms with E-state index in [0.29, 0.717) is 0 Å². The summed E-state index contributed by atoms with van der Waals surface area (Å²) in [5, 5.41) is 5.77. The molecule has 0 aromatic heterocycles. The van der Waals surface area contributed by atoms with Crippen molar-refractivity contribution in [2.75, 3.05) is 0 Å². The Morgan fingerprint density at radius 3 is 2.00 bits per heavy atom. The van der Waals surface area contributed by atoms with Crippen LogP contribution in [-0.2, 0) is 0 Å². The van der Waals surface area contributed by atoms with Crippen molar-refractivity contribution < 1.29 is 0 Å². The molecule has 0 unspecified atom stereocenters. The highest BCUT2D eigenvalue weighted by atomic mass is 14.1. The van der Waals surface area contributed by atoms with Crippen molar-refractivity contribution in [3.63, 3.8) is 0 Å². The second-order valence-corrected chi connectivity index (χ2v) is 5.11. The number of fused-ring (bicyclic) bond motifs is 2. The van der Waals surface area contributed by atoms with Crippen LogP contribution >= 0.6 is 0 Å². The van der Waals surface area contributed by atoms with Gasteiger partial charge in [0, 0.05) is 0 Å². The average molecular weight is 222 g/mol. The van der Waals surface area contributed by atoms with Gasteiger partial charge in [0.2, 0.25) is 0 Å². The molecule has 0 atom stereocenters. The second kappa shape index (κ2) is 3.73. The van der Waals surface area contributed by atoms with E-state index < -0.39 is 0 Å². The number of hydrogen-bond acceptors (Lipinski definition) is 0. The Balaban J connectivity index is 2.62. The molecular formula is C17H18. The van der Waals surface area contributed by atoms with Crippen LogP contribution in [0.25, 0.3) is 22.9 Å². The summed E-state index contributed by atoms with van der Waals surface area (Å²) in [6.45, 7) is 6.69. The molecule has 0 nitrogen and oxygen atoms in total. The molecule has 0 amide bonds. The van der Waals surface area contributed by atoms with Crippen molar-refractivity contribution in [2.24, 2.45) is 0 Å². The van der Waals surface area contributed by atoms with E-state index in [1.54, 1.807) is 0 Å². The number of rotatable bonds is 0. The predicted octanol–water partition coefficient (Wildman–Crippen LogP) is 3.12. The van der Waals surface area contributed by atoms with Crippen LogP contribution in [0.4, 0.5) is 0 Å².